The maximum atomic E-state index is 12.8. The second kappa shape index (κ2) is 44.8. The lowest BCUT2D eigenvalue weighted by Gasteiger charge is -2.24. The van der Waals surface area contributed by atoms with Crippen LogP contribution in [0.1, 0.15) is 104 Å². The van der Waals surface area contributed by atoms with Crippen LogP contribution < -0.4 is 0 Å². The Morgan fingerprint density at radius 3 is 0.789 bits per heavy atom. The van der Waals surface area contributed by atoms with Crippen LogP contribution >= 0.6 is 0 Å². The lowest BCUT2D eigenvalue weighted by atomic mass is 10.1. The Morgan fingerprint density at radius 1 is 0.275 bits per heavy atom. The predicted molar refractivity (Wildman–Crippen MR) is 415 cm³/mol. The predicted octanol–water partition coefficient (Wildman–Crippen LogP) is 14.5. The summed E-state index contributed by atoms with van der Waals surface area (Å²) in [5.74, 6) is -0.0705. The third-order valence-electron chi connectivity index (χ3n) is 16.0. The Kier molecular flexibility index (Phi) is 32.6. The summed E-state index contributed by atoms with van der Waals surface area (Å²) < 4.78 is 5.47. The lowest BCUT2D eigenvalue weighted by Crippen LogP contribution is -2.33. The first-order chi connectivity index (χ1) is 53.4. The molecule has 22 nitrogen and oxygen atoms in total. The SMILES string of the molecule is CC(=O)N(Cc1ccccn1)Cc1ccccn1.CC(C)C(=O)N(Cc1ccccn1)Cc1ccccn1.O=C(OCc1ccccc1)N(Cc1ccccn1)Cc1ccccn1.O=C(c1ccccc1)N(Cc1ccccn1)Cc1ccccn1.O=C(c1ccccn1)N(Cc1ccccn1)Cc1ccccn1. The van der Waals surface area contributed by atoms with E-state index in [1.807, 2.05) is 257 Å². The zero-order valence-electron chi connectivity index (χ0n) is 61.1. The molecule has 5 amide bonds. The monoisotopic (exact) mass is 1450 g/mol. The molecule has 0 radical (unpaired) electrons. The fourth-order valence-corrected chi connectivity index (χ4v) is 10.5. The molecule has 0 bridgehead atoms. The smallest absolute Gasteiger partial charge is 0.410 e. The van der Waals surface area contributed by atoms with E-state index in [-0.39, 0.29) is 42.2 Å². The van der Waals surface area contributed by atoms with Crippen molar-refractivity contribution < 1.29 is 28.7 Å². The normalized spacial score (nSPS) is 10.3. The molecule has 2 aromatic carbocycles. The van der Waals surface area contributed by atoms with Crippen molar-refractivity contribution in [3.05, 3.63) is 403 Å². The first kappa shape index (κ1) is 79.4. The topological polar surface area (TPSA) is 253 Å². The van der Waals surface area contributed by atoms with Gasteiger partial charge in [-0.05, 0) is 151 Å². The summed E-state index contributed by atoms with van der Waals surface area (Å²) >= 11 is 0. The number of carbonyl (C=O) groups excluding carboxylic acids is 5. The second-order valence-corrected chi connectivity index (χ2v) is 24.7. The van der Waals surface area contributed by atoms with Gasteiger partial charge in [0.15, 0.2) is 0 Å². The molecule has 11 aromatic heterocycles. The van der Waals surface area contributed by atoms with Gasteiger partial charge in [0.05, 0.1) is 122 Å². The van der Waals surface area contributed by atoms with Crippen LogP contribution in [-0.4, -0.2) is 109 Å². The van der Waals surface area contributed by atoms with Gasteiger partial charge in [-0.15, -0.1) is 0 Å². The zero-order chi connectivity index (χ0) is 76.3. The van der Waals surface area contributed by atoms with Crippen molar-refractivity contribution in [2.45, 2.75) is 92.8 Å². The molecule has 13 aromatic rings. The molecule has 13 rings (SSSR count). The van der Waals surface area contributed by atoms with E-state index in [1.54, 1.807) is 118 Å². The van der Waals surface area contributed by atoms with Gasteiger partial charge in [-0.1, -0.05) is 129 Å². The molecular formula is C87H86N16O6. The summed E-state index contributed by atoms with van der Waals surface area (Å²) in [5.41, 5.74) is 10.5. The average molecular weight is 1450 g/mol. The van der Waals surface area contributed by atoms with Gasteiger partial charge in [0.25, 0.3) is 11.8 Å². The van der Waals surface area contributed by atoms with Gasteiger partial charge < -0.3 is 24.3 Å². The summed E-state index contributed by atoms with van der Waals surface area (Å²) in [7, 11) is 0. The molecule has 22 heteroatoms. The largest absolute Gasteiger partial charge is 0.445 e. The van der Waals surface area contributed by atoms with E-state index in [1.165, 1.54) is 0 Å². The first-order valence-corrected chi connectivity index (χ1v) is 35.4. The molecule has 0 N–H and O–H groups in total. The molecule has 0 aliphatic rings. The third kappa shape index (κ3) is 28.7. The molecule has 0 atom stereocenters. The number of aromatic nitrogens is 11. The number of amides is 5. The number of hydrogen-bond donors (Lipinski definition) is 0. The Morgan fingerprint density at radius 2 is 0.523 bits per heavy atom. The Labute approximate surface area is 636 Å². The van der Waals surface area contributed by atoms with Crippen LogP contribution in [0.2, 0.25) is 0 Å². The van der Waals surface area contributed by atoms with Gasteiger partial charge in [0.1, 0.15) is 12.3 Å². The Balaban J connectivity index is 0.000000158. The molecule has 0 aliphatic carbocycles. The second-order valence-electron chi connectivity index (χ2n) is 24.7. The molecule has 0 fully saturated rings. The quantitative estimate of drug-likeness (QED) is 0.0515. The van der Waals surface area contributed by atoms with E-state index in [0.29, 0.717) is 76.7 Å². The molecule has 11 heterocycles. The highest BCUT2D eigenvalue weighted by Gasteiger charge is 2.23. The summed E-state index contributed by atoms with van der Waals surface area (Å²) in [4.78, 5) is 118. The zero-order valence-corrected chi connectivity index (χ0v) is 61.1. The van der Waals surface area contributed by atoms with Crippen LogP contribution in [0.25, 0.3) is 0 Å². The summed E-state index contributed by atoms with van der Waals surface area (Å²) in [6, 6.07) is 81.1. The number of nitrogens with zero attached hydrogens (tertiary/aromatic N) is 16. The standard InChI is InChI=1S/C20H19N3O2.C19H17N3O.C18H16N4O.C16H19N3O.C14H15N3O/c24-20(25-16-17-8-2-1-3-9-17)23(14-18-10-4-6-12-21-18)15-19-11-5-7-13-22-19;23-19(16-8-2-1-3-9-16)22(14-17-10-4-6-12-20-17)15-18-11-5-7-13-21-18;23-18(17-9-3-6-12-21-17)22(13-15-7-1-4-10-19-15)14-16-8-2-5-11-20-16;1-13(2)16(20)19(11-14-7-3-5-9-17-14)12-15-8-4-6-10-18-15;1-12(18)17(10-13-6-2-4-8-15-13)11-14-7-3-5-9-16-14/h1-13H,14-16H2;1-13H,14-15H2;1-12H,13-14H2;3-10,13H,11-12H2,1-2H3;2-9H,10-11H2,1H3. The number of hydrogen-bond acceptors (Lipinski definition) is 17. The van der Waals surface area contributed by atoms with Crippen LogP contribution in [0.5, 0.6) is 0 Å². The van der Waals surface area contributed by atoms with Crippen molar-refractivity contribution in [1.82, 2.24) is 79.3 Å². The van der Waals surface area contributed by atoms with E-state index in [4.69, 9.17) is 4.74 Å². The molecule has 109 heavy (non-hydrogen) atoms. The van der Waals surface area contributed by atoms with Crippen LogP contribution in [0.15, 0.2) is 329 Å². The molecule has 0 unspecified atom stereocenters. The fraction of sp³-hybridized carbons (Fsp3) is 0.172. The van der Waals surface area contributed by atoms with Crippen molar-refractivity contribution in [3.63, 3.8) is 0 Å². The van der Waals surface area contributed by atoms with Crippen molar-refractivity contribution in [1.29, 1.82) is 0 Å². The fourth-order valence-electron chi connectivity index (χ4n) is 10.5. The van der Waals surface area contributed by atoms with Crippen LogP contribution in [0.3, 0.4) is 0 Å². The molecule has 0 aliphatic heterocycles. The van der Waals surface area contributed by atoms with Crippen molar-refractivity contribution >= 4 is 29.7 Å². The number of carbonyl (C=O) groups is 5. The van der Waals surface area contributed by atoms with Gasteiger partial charge in [0, 0.05) is 86.6 Å². The molecule has 0 saturated carbocycles. The number of rotatable bonds is 25. The minimum atomic E-state index is -0.389. The summed E-state index contributed by atoms with van der Waals surface area (Å²) in [6.07, 6.45) is 18.5. The highest BCUT2D eigenvalue weighted by Crippen LogP contribution is 2.17. The van der Waals surface area contributed by atoms with Gasteiger partial charge in [-0.3, -0.25) is 78.9 Å². The summed E-state index contributed by atoms with van der Waals surface area (Å²) in [6.45, 7) is 10.1. The Bertz CT molecular complexity index is 4370. The van der Waals surface area contributed by atoms with Crippen LogP contribution in [-0.2, 0) is 86.4 Å². The third-order valence-corrected chi connectivity index (χ3v) is 16.0. The van der Waals surface area contributed by atoms with Gasteiger partial charge in [-0.25, -0.2) is 4.79 Å². The number of pyridine rings is 11. The maximum absolute atomic E-state index is 12.8. The van der Waals surface area contributed by atoms with Crippen molar-refractivity contribution in [2.75, 3.05) is 0 Å². The van der Waals surface area contributed by atoms with E-state index in [9.17, 15) is 24.0 Å². The van der Waals surface area contributed by atoms with E-state index < -0.39 is 0 Å². The van der Waals surface area contributed by atoms with E-state index >= 15 is 0 Å². The van der Waals surface area contributed by atoms with Crippen LogP contribution in [0.4, 0.5) is 4.79 Å². The van der Waals surface area contributed by atoms with E-state index in [0.717, 1.165) is 62.5 Å². The van der Waals surface area contributed by atoms with Gasteiger partial charge in [-0.2, -0.15) is 0 Å². The summed E-state index contributed by atoms with van der Waals surface area (Å²) in [5, 5.41) is 0. The lowest BCUT2D eigenvalue weighted by molar-refractivity contribution is -0.136. The number of benzene rings is 2. The number of ether oxygens (including phenoxy) is 1. The minimum absolute atomic E-state index is 0.0197. The molecule has 0 spiro atoms. The Hall–Kier alpha value is -13.8. The van der Waals surface area contributed by atoms with Crippen LogP contribution in [0, 0.1) is 5.92 Å². The van der Waals surface area contributed by atoms with Crippen molar-refractivity contribution in [2.24, 2.45) is 5.92 Å². The highest BCUT2D eigenvalue weighted by atomic mass is 16.6. The maximum Gasteiger partial charge on any atom is 0.410 e. The van der Waals surface area contributed by atoms with E-state index in [2.05, 4.69) is 54.8 Å². The minimum Gasteiger partial charge on any atom is -0.445 e. The molecule has 550 valence electrons. The first-order valence-electron chi connectivity index (χ1n) is 35.4. The molecular weight excluding hydrogens is 1370 g/mol. The molecule has 0 saturated heterocycles. The average Bonchev–Trinajstić information content (AvgIpc) is 0.870. The van der Waals surface area contributed by atoms with Crippen molar-refractivity contribution in [3.8, 4) is 0 Å². The van der Waals surface area contributed by atoms with Gasteiger partial charge >= 0.3 is 6.09 Å². The van der Waals surface area contributed by atoms with Gasteiger partial charge in [0.2, 0.25) is 11.8 Å². The highest BCUT2D eigenvalue weighted by molar-refractivity contribution is 5.94.